The molecule has 0 saturated heterocycles. The smallest absolute Gasteiger partial charge is 0.358 e. The summed E-state index contributed by atoms with van der Waals surface area (Å²) in [6.07, 6.45) is 2.92. The van der Waals surface area contributed by atoms with Gasteiger partial charge in [0, 0.05) is 0 Å². The largest absolute Gasteiger partial charge is 0.459 e. The number of rotatable bonds is 1. The van der Waals surface area contributed by atoms with Gasteiger partial charge in [-0.05, 0) is 25.2 Å². The first-order valence-corrected chi connectivity index (χ1v) is 5.32. The monoisotopic (exact) mass is 244 g/mol. The summed E-state index contributed by atoms with van der Waals surface area (Å²) in [5.41, 5.74) is 0. The number of esters is 1. The van der Waals surface area contributed by atoms with Crippen LogP contribution in [0, 0.1) is 5.92 Å². The second kappa shape index (κ2) is 4.24. The van der Waals surface area contributed by atoms with Gasteiger partial charge in [-0.15, -0.1) is 0 Å². The minimum absolute atomic E-state index is 0.0804. The van der Waals surface area contributed by atoms with Gasteiger partial charge in [0.15, 0.2) is 0 Å². The van der Waals surface area contributed by atoms with Crippen LogP contribution < -0.4 is 0 Å². The van der Waals surface area contributed by atoms with Gasteiger partial charge in [0.05, 0.1) is 0 Å². The number of carbonyl (C=O) groups excluding carboxylic acids is 1. The van der Waals surface area contributed by atoms with Gasteiger partial charge < -0.3 is 4.74 Å². The Hall–Kier alpha value is 0.340. The molecule has 2 unspecified atom stereocenters. The highest BCUT2D eigenvalue weighted by Crippen LogP contribution is 2.32. The number of carbonyl (C=O) groups is 1. The van der Waals surface area contributed by atoms with Crippen molar-refractivity contribution in [2.45, 2.75) is 36.1 Å². The number of ether oxygens (including phenoxy) is 1. The highest BCUT2D eigenvalue weighted by molar-refractivity contribution is 6.75. The molecule has 0 bridgehead atoms. The van der Waals surface area contributed by atoms with Crippen LogP contribution in [0.5, 0.6) is 0 Å². The SMILES string of the molecule is CC1CCCC1OC(=O)C(Cl)(Cl)Cl. The molecule has 0 N–H and O–H groups in total. The standard InChI is InChI=1S/C8H11Cl3O2/c1-5-3-2-4-6(5)13-7(12)8(9,10)11/h5-6H,2-4H2,1H3. The van der Waals surface area contributed by atoms with Crippen molar-refractivity contribution in [2.75, 3.05) is 0 Å². The molecular formula is C8H11Cl3O2. The molecule has 5 heteroatoms. The molecule has 1 aliphatic rings. The van der Waals surface area contributed by atoms with E-state index in [0.717, 1.165) is 19.3 Å². The van der Waals surface area contributed by atoms with Crippen molar-refractivity contribution in [3.05, 3.63) is 0 Å². The molecule has 0 radical (unpaired) electrons. The summed E-state index contributed by atoms with van der Waals surface area (Å²) in [5.74, 6) is -0.396. The van der Waals surface area contributed by atoms with Crippen molar-refractivity contribution in [1.82, 2.24) is 0 Å². The van der Waals surface area contributed by atoms with Gasteiger partial charge in [-0.1, -0.05) is 41.7 Å². The third-order valence-corrected chi connectivity index (χ3v) is 2.74. The van der Waals surface area contributed by atoms with Crippen LogP contribution >= 0.6 is 34.8 Å². The summed E-state index contributed by atoms with van der Waals surface area (Å²) in [6, 6.07) is 0. The van der Waals surface area contributed by atoms with Gasteiger partial charge in [0.1, 0.15) is 6.10 Å². The Morgan fingerprint density at radius 2 is 2.00 bits per heavy atom. The van der Waals surface area contributed by atoms with Gasteiger partial charge in [-0.2, -0.15) is 0 Å². The Balaban J connectivity index is 2.45. The molecule has 0 aromatic rings. The third-order valence-electron chi connectivity index (χ3n) is 2.27. The van der Waals surface area contributed by atoms with Crippen LogP contribution in [0.25, 0.3) is 0 Å². The van der Waals surface area contributed by atoms with E-state index in [1.54, 1.807) is 0 Å². The lowest BCUT2D eigenvalue weighted by Crippen LogP contribution is -2.28. The van der Waals surface area contributed by atoms with Crippen LogP contribution in [0.3, 0.4) is 0 Å². The zero-order valence-electron chi connectivity index (χ0n) is 7.23. The highest BCUT2D eigenvalue weighted by Gasteiger charge is 2.36. The van der Waals surface area contributed by atoms with E-state index in [1.165, 1.54) is 0 Å². The van der Waals surface area contributed by atoms with Crippen LogP contribution in [0.1, 0.15) is 26.2 Å². The maximum atomic E-state index is 11.1. The van der Waals surface area contributed by atoms with E-state index >= 15 is 0 Å². The molecule has 0 spiro atoms. The van der Waals surface area contributed by atoms with Crippen molar-refractivity contribution in [1.29, 1.82) is 0 Å². The maximum absolute atomic E-state index is 11.1. The van der Waals surface area contributed by atoms with Crippen molar-refractivity contribution in [3.8, 4) is 0 Å². The molecule has 2 nitrogen and oxygen atoms in total. The summed E-state index contributed by atoms with van der Waals surface area (Å²) >= 11 is 16.1. The number of alkyl halides is 3. The minimum Gasteiger partial charge on any atom is -0.459 e. The highest BCUT2D eigenvalue weighted by atomic mass is 35.6. The lowest BCUT2D eigenvalue weighted by atomic mass is 10.1. The van der Waals surface area contributed by atoms with Crippen molar-refractivity contribution < 1.29 is 9.53 Å². The quantitative estimate of drug-likeness (QED) is 0.524. The van der Waals surface area contributed by atoms with E-state index in [2.05, 4.69) is 0 Å². The number of hydrogen-bond donors (Lipinski definition) is 0. The van der Waals surface area contributed by atoms with Crippen LogP contribution in [0.15, 0.2) is 0 Å². The predicted molar refractivity (Wildman–Crippen MR) is 53.2 cm³/mol. The van der Waals surface area contributed by atoms with Crippen LogP contribution in [0.4, 0.5) is 0 Å². The summed E-state index contributed by atoms with van der Waals surface area (Å²) < 4.78 is 3.11. The Morgan fingerprint density at radius 3 is 2.38 bits per heavy atom. The van der Waals surface area contributed by atoms with Gasteiger partial charge in [-0.25, -0.2) is 4.79 Å². The third kappa shape index (κ3) is 3.19. The number of hydrogen-bond acceptors (Lipinski definition) is 2. The van der Waals surface area contributed by atoms with Crippen molar-refractivity contribution in [3.63, 3.8) is 0 Å². The fourth-order valence-corrected chi connectivity index (χ4v) is 1.62. The average Bonchev–Trinajstić information content (AvgIpc) is 2.34. The molecular weight excluding hydrogens is 234 g/mol. The average molecular weight is 246 g/mol. The van der Waals surface area contributed by atoms with E-state index in [9.17, 15) is 4.79 Å². The lowest BCUT2D eigenvalue weighted by molar-refractivity contribution is -0.149. The van der Waals surface area contributed by atoms with Gasteiger partial charge >= 0.3 is 5.97 Å². The van der Waals surface area contributed by atoms with Crippen molar-refractivity contribution in [2.24, 2.45) is 5.92 Å². The Morgan fingerprint density at radius 1 is 1.38 bits per heavy atom. The molecule has 1 rings (SSSR count). The molecule has 1 fully saturated rings. The molecule has 0 aromatic carbocycles. The molecule has 0 amide bonds. The van der Waals surface area contributed by atoms with Gasteiger partial charge in [0.2, 0.25) is 0 Å². The minimum atomic E-state index is -1.94. The molecule has 1 aliphatic carbocycles. The fourth-order valence-electron chi connectivity index (χ4n) is 1.49. The zero-order valence-corrected chi connectivity index (χ0v) is 9.49. The van der Waals surface area contributed by atoms with E-state index in [4.69, 9.17) is 39.5 Å². The van der Waals surface area contributed by atoms with E-state index in [-0.39, 0.29) is 6.10 Å². The van der Waals surface area contributed by atoms with Gasteiger partial charge in [0.25, 0.3) is 3.79 Å². The first kappa shape index (κ1) is 11.4. The maximum Gasteiger partial charge on any atom is 0.358 e. The normalized spacial score (nSPS) is 28.9. The van der Waals surface area contributed by atoms with Gasteiger partial charge in [-0.3, -0.25) is 0 Å². The topological polar surface area (TPSA) is 26.3 Å². The summed E-state index contributed by atoms with van der Waals surface area (Å²) in [7, 11) is 0. The van der Waals surface area contributed by atoms with E-state index in [1.807, 2.05) is 6.92 Å². The van der Waals surface area contributed by atoms with Crippen LogP contribution in [-0.2, 0) is 9.53 Å². The van der Waals surface area contributed by atoms with Crippen LogP contribution in [-0.4, -0.2) is 15.9 Å². The summed E-state index contributed by atoms with van der Waals surface area (Å²) in [6.45, 7) is 2.03. The van der Waals surface area contributed by atoms with E-state index in [0.29, 0.717) is 5.92 Å². The first-order chi connectivity index (χ1) is 5.91. The number of halogens is 3. The van der Waals surface area contributed by atoms with Crippen molar-refractivity contribution >= 4 is 40.8 Å². The summed E-state index contributed by atoms with van der Waals surface area (Å²) in [5, 5.41) is 0. The second-order valence-electron chi connectivity index (χ2n) is 3.35. The predicted octanol–water partition coefficient (Wildman–Crippen LogP) is 3.09. The fraction of sp³-hybridized carbons (Fsp3) is 0.875. The van der Waals surface area contributed by atoms with Crippen LogP contribution in [0.2, 0.25) is 0 Å². The molecule has 1 saturated carbocycles. The molecule has 13 heavy (non-hydrogen) atoms. The molecule has 0 aromatic heterocycles. The zero-order chi connectivity index (χ0) is 10.1. The Bertz CT molecular complexity index is 200. The van der Waals surface area contributed by atoms with E-state index < -0.39 is 9.76 Å². The Labute approximate surface area is 92.5 Å². The molecule has 2 atom stereocenters. The molecule has 76 valence electrons. The Kier molecular flexibility index (Phi) is 3.73. The first-order valence-electron chi connectivity index (χ1n) is 4.19. The molecule has 0 heterocycles. The second-order valence-corrected chi connectivity index (χ2v) is 5.63. The molecule has 0 aliphatic heterocycles. The summed E-state index contributed by atoms with van der Waals surface area (Å²) in [4.78, 5) is 11.1. The lowest BCUT2D eigenvalue weighted by Gasteiger charge is -2.19.